The van der Waals surface area contributed by atoms with Crippen molar-refractivity contribution < 1.29 is 4.74 Å². The lowest BCUT2D eigenvalue weighted by molar-refractivity contribution is 0.252. The highest BCUT2D eigenvalue weighted by atomic mass is 16.5. The van der Waals surface area contributed by atoms with Crippen LogP contribution in [0.5, 0.6) is 5.75 Å². The van der Waals surface area contributed by atoms with Gasteiger partial charge in [-0.2, -0.15) is 0 Å². The Morgan fingerprint density at radius 2 is 2.36 bits per heavy atom. The van der Waals surface area contributed by atoms with E-state index in [0.717, 1.165) is 12.4 Å². The van der Waals surface area contributed by atoms with Crippen LogP contribution in [0.25, 0.3) is 0 Å². The Morgan fingerprint density at radius 1 is 1.57 bits per heavy atom. The molecular formula is C11H18N2O. The summed E-state index contributed by atoms with van der Waals surface area (Å²) in [4.78, 5) is 3.90. The number of nitrogens with two attached hydrogens (primary N) is 1. The van der Waals surface area contributed by atoms with Crippen LogP contribution < -0.4 is 10.5 Å². The predicted molar refractivity (Wildman–Crippen MR) is 58.2 cm³/mol. The summed E-state index contributed by atoms with van der Waals surface area (Å²) in [6, 6.07) is 1.80. The summed E-state index contributed by atoms with van der Waals surface area (Å²) >= 11 is 0. The molecule has 0 aliphatic carbocycles. The van der Waals surface area contributed by atoms with E-state index in [0.29, 0.717) is 11.6 Å². The van der Waals surface area contributed by atoms with Crippen molar-refractivity contribution in [2.75, 3.05) is 12.3 Å². The van der Waals surface area contributed by atoms with E-state index < -0.39 is 0 Å². The van der Waals surface area contributed by atoms with E-state index in [9.17, 15) is 0 Å². The van der Waals surface area contributed by atoms with Gasteiger partial charge in [0.1, 0.15) is 5.75 Å². The quantitative estimate of drug-likeness (QED) is 0.783. The zero-order valence-corrected chi connectivity index (χ0v) is 8.86. The van der Waals surface area contributed by atoms with Gasteiger partial charge in [-0.05, 0) is 12.3 Å². The summed E-state index contributed by atoms with van der Waals surface area (Å²) in [5.74, 6) is 1.32. The molecule has 0 amide bonds. The van der Waals surface area contributed by atoms with Crippen LogP contribution in [0.3, 0.4) is 0 Å². The number of hydrogen-bond acceptors (Lipinski definition) is 3. The van der Waals surface area contributed by atoms with E-state index in [4.69, 9.17) is 10.5 Å². The van der Waals surface area contributed by atoms with Crippen LogP contribution in [0, 0.1) is 5.92 Å². The van der Waals surface area contributed by atoms with Crippen molar-refractivity contribution in [2.45, 2.75) is 26.7 Å². The van der Waals surface area contributed by atoms with E-state index >= 15 is 0 Å². The molecule has 3 heteroatoms. The van der Waals surface area contributed by atoms with E-state index in [-0.39, 0.29) is 0 Å². The average molecular weight is 194 g/mol. The normalized spacial score (nSPS) is 12.4. The van der Waals surface area contributed by atoms with E-state index in [1.54, 1.807) is 18.5 Å². The maximum Gasteiger partial charge on any atom is 0.145 e. The first-order valence-corrected chi connectivity index (χ1v) is 5.06. The van der Waals surface area contributed by atoms with Gasteiger partial charge in [0, 0.05) is 12.3 Å². The third kappa shape index (κ3) is 3.24. The average Bonchev–Trinajstić information content (AvgIpc) is 2.17. The summed E-state index contributed by atoms with van der Waals surface area (Å²) in [6.45, 7) is 5.08. The lowest BCUT2D eigenvalue weighted by atomic mass is 10.1. The minimum atomic E-state index is 0.576. The van der Waals surface area contributed by atoms with Crippen LogP contribution in [0.2, 0.25) is 0 Å². The van der Waals surface area contributed by atoms with Crippen molar-refractivity contribution in [1.82, 2.24) is 4.98 Å². The number of nitrogens with zero attached hydrogens (tertiary/aromatic N) is 1. The fourth-order valence-corrected chi connectivity index (χ4v) is 1.33. The molecular weight excluding hydrogens is 176 g/mol. The zero-order chi connectivity index (χ0) is 10.4. The maximum absolute atomic E-state index is 5.69. The third-order valence-electron chi connectivity index (χ3n) is 2.11. The fraction of sp³-hybridized carbons (Fsp3) is 0.545. The number of hydrogen-bond donors (Lipinski definition) is 1. The molecule has 0 saturated heterocycles. The lowest BCUT2D eigenvalue weighted by Gasteiger charge is -2.12. The minimum Gasteiger partial charge on any atom is -0.491 e. The van der Waals surface area contributed by atoms with Crippen molar-refractivity contribution in [3.8, 4) is 5.75 Å². The Labute approximate surface area is 85.3 Å². The predicted octanol–water partition coefficient (Wildman–Crippen LogP) is 2.48. The number of ether oxygens (including phenoxy) is 1. The smallest absolute Gasteiger partial charge is 0.145 e. The standard InChI is InChI=1S/C11H18N2O/c1-3-4-9(2)8-14-11-5-6-13-7-10(11)12/h5-7,9H,3-4,8,12H2,1-2H3. The van der Waals surface area contributed by atoms with Gasteiger partial charge in [0.25, 0.3) is 0 Å². The molecule has 0 spiro atoms. The number of aromatic nitrogens is 1. The van der Waals surface area contributed by atoms with Crippen LogP contribution in [0.4, 0.5) is 5.69 Å². The van der Waals surface area contributed by atoms with Crippen LogP contribution in [-0.2, 0) is 0 Å². The lowest BCUT2D eigenvalue weighted by Crippen LogP contribution is -2.09. The number of rotatable bonds is 5. The first-order chi connectivity index (χ1) is 6.74. The highest BCUT2D eigenvalue weighted by Crippen LogP contribution is 2.19. The Bertz CT molecular complexity index is 276. The number of pyridine rings is 1. The summed E-state index contributed by atoms with van der Waals surface area (Å²) in [6.07, 6.45) is 5.68. The van der Waals surface area contributed by atoms with Crippen molar-refractivity contribution in [3.05, 3.63) is 18.5 Å². The summed E-state index contributed by atoms with van der Waals surface area (Å²) in [5, 5.41) is 0. The molecule has 0 saturated carbocycles. The molecule has 1 rings (SSSR count). The van der Waals surface area contributed by atoms with Gasteiger partial charge >= 0.3 is 0 Å². The first kappa shape index (κ1) is 10.8. The molecule has 1 aromatic heterocycles. The molecule has 14 heavy (non-hydrogen) atoms. The van der Waals surface area contributed by atoms with Crippen LogP contribution >= 0.6 is 0 Å². The van der Waals surface area contributed by atoms with Crippen molar-refractivity contribution in [1.29, 1.82) is 0 Å². The molecule has 0 aliphatic heterocycles. The molecule has 2 N–H and O–H groups in total. The molecule has 0 bridgehead atoms. The van der Waals surface area contributed by atoms with Gasteiger partial charge in [0.2, 0.25) is 0 Å². The van der Waals surface area contributed by atoms with Gasteiger partial charge in [-0.3, -0.25) is 4.98 Å². The Morgan fingerprint density at radius 3 is 3.00 bits per heavy atom. The molecule has 0 aliphatic rings. The van der Waals surface area contributed by atoms with Gasteiger partial charge in [-0.1, -0.05) is 20.3 Å². The second-order valence-corrected chi connectivity index (χ2v) is 3.62. The van der Waals surface area contributed by atoms with Gasteiger partial charge in [0.05, 0.1) is 18.5 Å². The second-order valence-electron chi connectivity index (χ2n) is 3.62. The van der Waals surface area contributed by atoms with Gasteiger partial charge in [-0.15, -0.1) is 0 Å². The summed E-state index contributed by atoms with van der Waals surface area (Å²) < 4.78 is 5.59. The molecule has 1 aromatic rings. The topological polar surface area (TPSA) is 48.1 Å². The summed E-state index contributed by atoms with van der Waals surface area (Å²) in [7, 11) is 0. The second kappa shape index (κ2) is 5.47. The van der Waals surface area contributed by atoms with Crippen molar-refractivity contribution >= 4 is 5.69 Å². The number of nitrogen functional groups attached to an aromatic ring is 1. The Kier molecular flexibility index (Phi) is 4.23. The van der Waals surface area contributed by atoms with Gasteiger partial charge in [-0.25, -0.2) is 0 Å². The van der Waals surface area contributed by atoms with E-state index in [2.05, 4.69) is 18.8 Å². The molecule has 0 aromatic carbocycles. The molecule has 78 valence electrons. The highest BCUT2D eigenvalue weighted by molar-refractivity contribution is 5.49. The SMILES string of the molecule is CCCC(C)COc1ccncc1N. The van der Waals surface area contributed by atoms with Crippen LogP contribution in [0.1, 0.15) is 26.7 Å². The highest BCUT2D eigenvalue weighted by Gasteiger charge is 2.03. The molecule has 1 heterocycles. The largest absolute Gasteiger partial charge is 0.491 e. The fourth-order valence-electron chi connectivity index (χ4n) is 1.33. The molecule has 1 unspecified atom stereocenters. The minimum absolute atomic E-state index is 0.576. The zero-order valence-electron chi connectivity index (χ0n) is 8.86. The first-order valence-electron chi connectivity index (χ1n) is 5.06. The van der Waals surface area contributed by atoms with Gasteiger partial charge < -0.3 is 10.5 Å². The monoisotopic (exact) mass is 194 g/mol. The van der Waals surface area contributed by atoms with E-state index in [1.807, 2.05) is 0 Å². The molecule has 3 nitrogen and oxygen atoms in total. The molecule has 0 radical (unpaired) electrons. The van der Waals surface area contributed by atoms with Gasteiger partial charge in [0.15, 0.2) is 0 Å². The third-order valence-corrected chi connectivity index (χ3v) is 2.11. The Hall–Kier alpha value is -1.25. The number of anilines is 1. The Balaban J connectivity index is 2.41. The summed E-state index contributed by atoms with van der Waals surface area (Å²) in [5.41, 5.74) is 6.30. The van der Waals surface area contributed by atoms with Crippen LogP contribution in [-0.4, -0.2) is 11.6 Å². The maximum atomic E-state index is 5.69. The molecule has 1 atom stereocenters. The van der Waals surface area contributed by atoms with Crippen LogP contribution in [0.15, 0.2) is 18.5 Å². The van der Waals surface area contributed by atoms with Crippen molar-refractivity contribution in [2.24, 2.45) is 5.92 Å². The van der Waals surface area contributed by atoms with E-state index in [1.165, 1.54) is 12.8 Å². The van der Waals surface area contributed by atoms with Crippen molar-refractivity contribution in [3.63, 3.8) is 0 Å². The molecule has 0 fully saturated rings.